The zero-order chi connectivity index (χ0) is 11.0. The predicted octanol–water partition coefficient (Wildman–Crippen LogP) is 1.29. The van der Waals surface area contributed by atoms with Crippen LogP contribution in [0.1, 0.15) is 5.69 Å². The second kappa shape index (κ2) is 3.19. The van der Waals surface area contributed by atoms with Crippen molar-refractivity contribution >= 4 is 5.82 Å². The van der Waals surface area contributed by atoms with Crippen LogP contribution in [-0.4, -0.2) is 19.6 Å². The van der Waals surface area contributed by atoms with Crippen LogP contribution in [0.3, 0.4) is 0 Å². The Morgan fingerprint density at radius 1 is 1.60 bits per heavy atom. The summed E-state index contributed by atoms with van der Waals surface area (Å²) in [5.74, 6) is 0.408. The fourth-order valence-corrected chi connectivity index (χ4v) is 1.33. The summed E-state index contributed by atoms with van der Waals surface area (Å²) >= 11 is 0. The molecule has 7 heteroatoms. The molecule has 2 rings (SSSR count). The van der Waals surface area contributed by atoms with E-state index in [0.717, 1.165) is 0 Å². The van der Waals surface area contributed by atoms with Gasteiger partial charge in [0.15, 0.2) is 0 Å². The van der Waals surface area contributed by atoms with Gasteiger partial charge in [-0.2, -0.15) is 0 Å². The lowest BCUT2D eigenvalue weighted by atomic mass is 10.2. The maximum Gasteiger partial charge on any atom is 0.342 e. The third kappa shape index (κ3) is 1.37. The van der Waals surface area contributed by atoms with Crippen molar-refractivity contribution in [3.8, 4) is 11.4 Å². The van der Waals surface area contributed by atoms with E-state index in [1.807, 2.05) is 0 Å². The van der Waals surface area contributed by atoms with Crippen molar-refractivity contribution in [3.63, 3.8) is 0 Å². The highest BCUT2D eigenvalue weighted by molar-refractivity contribution is 5.58. The van der Waals surface area contributed by atoms with Crippen molar-refractivity contribution in [2.45, 2.75) is 6.92 Å². The fourth-order valence-electron chi connectivity index (χ4n) is 1.33. The Bertz CT molecular complexity index is 514. The summed E-state index contributed by atoms with van der Waals surface area (Å²) in [6, 6.07) is 0. The Labute approximate surface area is 84.5 Å². The minimum atomic E-state index is -0.487. The van der Waals surface area contributed by atoms with Gasteiger partial charge in [0.25, 0.3) is 0 Å². The maximum atomic E-state index is 10.6. The Morgan fingerprint density at radius 3 is 2.80 bits per heavy atom. The Kier molecular flexibility index (Phi) is 2.00. The topological polar surface area (TPSA) is 87.0 Å². The summed E-state index contributed by atoms with van der Waals surface area (Å²) in [6.07, 6.45) is 2.63. The Hall–Kier alpha value is -2.18. The van der Waals surface area contributed by atoms with Crippen LogP contribution in [0.4, 0.5) is 5.82 Å². The third-order valence-electron chi connectivity index (χ3n) is 2.14. The molecule has 7 nitrogen and oxygen atoms in total. The van der Waals surface area contributed by atoms with Crippen LogP contribution >= 0.6 is 0 Å². The molecule has 0 saturated carbocycles. The first kappa shape index (κ1) is 9.38. The SMILES string of the molecule is Cc1nocc1-c1ncc([N+](=O)[O-])n1C. The van der Waals surface area contributed by atoms with Crippen LogP contribution in [0.2, 0.25) is 0 Å². The Morgan fingerprint density at radius 2 is 2.33 bits per heavy atom. The van der Waals surface area contributed by atoms with Crippen LogP contribution in [0.15, 0.2) is 17.0 Å². The summed E-state index contributed by atoms with van der Waals surface area (Å²) in [6.45, 7) is 1.75. The van der Waals surface area contributed by atoms with E-state index in [9.17, 15) is 10.1 Å². The van der Waals surface area contributed by atoms with Crippen LogP contribution in [0.5, 0.6) is 0 Å². The largest absolute Gasteiger partial charge is 0.364 e. The van der Waals surface area contributed by atoms with Crippen LogP contribution in [-0.2, 0) is 7.05 Å². The molecule has 0 N–H and O–H groups in total. The molecule has 0 aliphatic heterocycles. The fraction of sp³-hybridized carbons (Fsp3) is 0.250. The summed E-state index contributed by atoms with van der Waals surface area (Å²) in [5.41, 5.74) is 1.31. The normalized spacial score (nSPS) is 10.5. The van der Waals surface area contributed by atoms with E-state index in [2.05, 4.69) is 10.1 Å². The number of nitro groups is 1. The van der Waals surface area contributed by atoms with E-state index < -0.39 is 4.92 Å². The van der Waals surface area contributed by atoms with Crippen molar-refractivity contribution in [3.05, 3.63) is 28.3 Å². The minimum absolute atomic E-state index is 0.0643. The standard InChI is InChI=1S/C8H8N4O3/c1-5-6(4-15-10-5)8-9-3-7(11(8)2)12(13)14/h3-4H,1-2H3. The molecule has 0 saturated heterocycles. The van der Waals surface area contributed by atoms with Gasteiger partial charge in [-0.05, 0) is 11.8 Å². The van der Waals surface area contributed by atoms with Crippen molar-refractivity contribution in [2.75, 3.05) is 0 Å². The van der Waals surface area contributed by atoms with Crippen LogP contribution in [0.25, 0.3) is 11.4 Å². The van der Waals surface area contributed by atoms with E-state index >= 15 is 0 Å². The molecule has 78 valence electrons. The number of nitrogens with zero attached hydrogens (tertiary/aromatic N) is 4. The van der Waals surface area contributed by atoms with Gasteiger partial charge in [0.1, 0.15) is 18.0 Å². The van der Waals surface area contributed by atoms with E-state index in [1.54, 1.807) is 14.0 Å². The van der Waals surface area contributed by atoms with Crippen molar-refractivity contribution in [1.29, 1.82) is 0 Å². The molecule has 2 aromatic rings. The highest BCUT2D eigenvalue weighted by Crippen LogP contribution is 2.24. The first-order chi connectivity index (χ1) is 7.11. The van der Waals surface area contributed by atoms with Gasteiger partial charge >= 0.3 is 5.82 Å². The molecule has 0 atom stereocenters. The number of aryl methyl sites for hydroxylation is 1. The third-order valence-corrected chi connectivity index (χ3v) is 2.14. The molecule has 0 amide bonds. The van der Waals surface area contributed by atoms with Gasteiger partial charge in [-0.3, -0.25) is 0 Å². The number of rotatable bonds is 2. The van der Waals surface area contributed by atoms with E-state index in [-0.39, 0.29) is 5.82 Å². The van der Waals surface area contributed by atoms with Gasteiger partial charge < -0.3 is 14.6 Å². The molecule has 0 bridgehead atoms. The second-order valence-corrected chi connectivity index (χ2v) is 3.07. The highest BCUT2D eigenvalue weighted by atomic mass is 16.6. The van der Waals surface area contributed by atoms with Crippen molar-refractivity contribution in [1.82, 2.24) is 14.7 Å². The lowest BCUT2D eigenvalue weighted by Crippen LogP contribution is -1.98. The maximum absolute atomic E-state index is 10.6. The van der Waals surface area contributed by atoms with E-state index in [0.29, 0.717) is 17.1 Å². The second-order valence-electron chi connectivity index (χ2n) is 3.07. The quantitative estimate of drug-likeness (QED) is 0.548. The van der Waals surface area contributed by atoms with E-state index in [4.69, 9.17) is 4.52 Å². The molecule has 15 heavy (non-hydrogen) atoms. The number of hydrogen-bond donors (Lipinski definition) is 0. The number of hydrogen-bond acceptors (Lipinski definition) is 5. The predicted molar refractivity (Wildman–Crippen MR) is 50.1 cm³/mol. The van der Waals surface area contributed by atoms with Gasteiger partial charge in [-0.1, -0.05) is 5.16 Å². The lowest BCUT2D eigenvalue weighted by Gasteiger charge is -1.95. The average molecular weight is 208 g/mol. The molecule has 0 radical (unpaired) electrons. The highest BCUT2D eigenvalue weighted by Gasteiger charge is 2.20. The molecular weight excluding hydrogens is 200 g/mol. The smallest absolute Gasteiger partial charge is 0.342 e. The summed E-state index contributed by atoms with van der Waals surface area (Å²) in [7, 11) is 1.58. The van der Waals surface area contributed by atoms with Crippen LogP contribution in [0, 0.1) is 17.0 Å². The summed E-state index contributed by atoms with van der Waals surface area (Å²) < 4.78 is 6.14. The van der Waals surface area contributed by atoms with Gasteiger partial charge in [-0.25, -0.2) is 9.55 Å². The first-order valence-electron chi connectivity index (χ1n) is 4.18. The molecule has 0 fully saturated rings. The summed E-state index contributed by atoms with van der Waals surface area (Å²) in [5, 5.41) is 14.3. The minimum Gasteiger partial charge on any atom is -0.364 e. The molecule has 0 aliphatic rings. The monoisotopic (exact) mass is 208 g/mol. The van der Waals surface area contributed by atoms with Crippen LogP contribution < -0.4 is 0 Å². The molecule has 0 aliphatic carbocycles. The van der Waals surface area contributed by atoms with Gasteiger partial charge in [0.2, 0.25) is 5.82 Å². The molecule has 2 aromatic heterocycles. The average Bonchev–Trinajstić information content (AvgIpc) is 2.71. The van der Waals surface area contributed by atoms with Gasteiger partial charge in [0.05, 0.1) is 12.7 Å². The molecule has 0 aromatic carbocycles. The number of imidazole rings is 1. The molecule has 0 unspecified atom stereocenters. The first-order valence-corrected chi connectivity index (χ1v) is 4.18. The van der Waals surface area contributed by atoms with Crippen molar-refractivity contribution < 1.29 is 9.45 Å². The Balaban J connectivity index is 2.56. The van der Waals surface area contributed by atoms with Crippen molar-refractivity contribution in [2.24, 2.45) is 7.05 Å². The van der Waals surface area contributed by atoms with E-state index in [1.165, 1.54) is 17.0 Å². The summed E-state index contributed by atoms with van der Waals surface area (Å²) in [4.78, 5) is 14.1. The van der Waals surface area contributed by atoms with Gasteiger partial charge in [-0.15, -0.1) is 0 Å². The molecular formula is C8H8N4O3. The molecule has 0 spiro atoms. The number of aromatic nitrogens is 3. The lowest BCUT2D eigenvalue weighted by molar-refractivity contribution is -0.391. The zero-order valence-electron chi connectivity index (χ0n) is 8.17. The molecule has 2 heterocycles. The zero-order valence-corrected chi connectivity index (χ0v) is 8.17. The van der Waals surface area contributed by atoms with Gasteiger partial charge in [0, 0.05) is 0 Å².